The van der Waals surface area contributed by atoms with Crippen LogP contribution in [0.3, 0.4) is 0 Å². The summed E-state index contributed by atoms with van der Waals surface area (Å²) in [5, 5.41) is 11.5. The Labute approximate surface area is 170 Å². The molecule has 0 bridgehead atoms. The lowest BCUT2D eigenvalue weighted by Crippen LogP contribution is -2.35. The molecule has 0 unspecified atom stereocenters. The average Bonchev–Trinajstić information content (AvgIpc) is 3.03. The van der Waals surface area contributed by atoms with Gasteiger partial charge in [-0.2, -0.15) is 0 Å². The summed E-state index contributed by atoms with van der Waals surface area (Å²) in [6.45, 7) is -0.0102. The zero-order valence-electron chi connectivity index (χ0n) is 15.6. The van der Waals surface area contributed by atoms with Crippen LogP contribution in [0.1, 0.15) is 28.7 Å². The number of carboxylic acid groups (broad SMARTS) is 1. The fourth-order valence-corrected chi connectivity index (χ4v) is 3.79. The van der Waals surface area contributed by atoms with Crippen LogP contribution < -0.4 is 5.32 Å². The maximum Gasteiger partial charge on any atom is 0.408 e. The first-order chi connectivity index (χ1) is 14.4. The Balaban J connectivity index is 1.50. The summed E-state index contributed by atoms with van der Waals surface area (Å²) in [4.78, 5) is 23.8. The van der Waals surface area contributed by atoms with E-state index in [1.807, 2.05) is 48.5 Å². The topological polar surface area (TPSA) is 75.6 Å². The van der Waals surface area contributed by atoms with E-state index in [-0.39, 0.29) is 18.1 Å². The summed E-state index contributed by atoms with van der Waals surface area (Å²) in [7, 11) is 0. The number of carboxylic acids is 1. The SMILES string of the molecule is O=C(N[C@H](C(=O)O)c1cc(F)cc(F)c1)OCC1c2ccccc2-c2ccccc21. The molecule has 0 radical (unpaired) electrons. The van der Waals surface area contributed by atoms with Crippen LogP contribution in [-0.2, 0) is 9.53 Å². The minimum absolute atomic E-state index is 0.0102. The van der Waals surface area contributed by atoms with Crippen molar-refractivity contribution in [2.45, 2.75) is 12.0 Å². The molecule has 3 aromatic carbocycles. The highest BCUT2D eigenvalue weighted by Gasteiger charge is 2.30. The molecule has 1 aliphatic rings. The van der Waals surface area contributed by atoms with Crippen molar-refractivity contribution >= 4 is 12.1 Å². The van der Waals surface area contributed by atoms with Crippen molar-refractivity contribution in [3.8, 4) is 11.1 Å². The fourth-order valence-electron chi connectivity index (χ4n) is 3.79. The van der Waals surface area contributed by atoms with Crippen LogP contribution in [0.25, 0.3) is 11.1 Å². The highest BCUT2D eigenvalue weighted by atomic mass is 19.1. The lowest BCUT2D eigenvalue weighted by atomic mass is 9.98. The van der Waals surface area contributed by atoms with Crippen LogP contribution in [0.2, 0.25) is 0 Å². The van der Waals surface area contributed by atoms with Crippen LogP contribution in [0, 0.1) is 11.6 Å². The van der Waals surface area contributed by atoms with Crippen molar-refractivity contribution in [3.05, 3.63) is 95.1 Å². The van der Waals surface area contributed by atoms with Gasteiger partial charge in [0.25, 0.3) is 0 Å². The molecule has 5 nitrogen and oxygen atoms in total. The highest BCUT2D eigenvalue weighted by Crippen LogP contribution is 2.44. The number of benzene rings is 3. The zero-order valence-corrected chi connectivity index (χ0v) is 15.6. The molecule has 0 saturated carbocycles. The molecule has 1 atom stereocenters. The zero-order chi connectivity index (χ0) is 21.3. The van der Waals surface area contributed by atoms with Crippen molar-refractivity contribution in [3.63, 3.8) is 0 Å². The monoisotopic (exact) mass is 409 g/mol. The van der Waals surface area contributed by atoms with Gasteiger partial charge in [-0.1, -0.05) is 48.5 Å². The summed E-state index contributed by atoms with van der Waals surface area (Å²) in [6, 6.07) is 16.2. The van der Waals surface area contributed by atoms with Crippen molar-refractivity contribution in [2.24, 2.45) is 0 Å². The summed E-state index contributed by atoms with van der Waals surface area (Å²) in [6.07, 6.45) is -0.992. The van der Waals surface area contributed by atoms with E-state index in [0.29, 0.717) is 6.07 Å². The number of fused-ring (bicyclic) bond motifs is 3. The van der Waals surface area contributed by atoms with Crippen molar-refractivity contribution in [1.29, 1.82) is 0 Å². The fraction of sp³-hybridized carbons (Fsp3) is 0.130. The Morgan fingerprint density at radius 2 is 1.47 bits per heavy atom. The van der Waals surface area contributed by atoms with Gasteiger partial charge in [-0.05, 0) is 39.9 Å². The Bertz CT molecular complexity index is 1070. The molecule has 0 aliphatic heterocycles. The van der Waals surface area contributed by atoms with E-state index in [1.54, 1.807) is 0 Å². The molecule has 0 fully saturated rings. The number of hydrogen-bond acceptors (Lipinski definition) is 3. The second-order valence-electron chi connectivity index (χ2n) is 6.94. The normalized spacial score (nSPS) is 13.3. The third-order valence-corrected chi connectivity index (χ3v) is 5.07. The molecule has 0 spiro atoms. The number of aliphatic carboxylic acids is 1. The Hall–Kier alpha value is -3.74. The number of nitrogens with one attached hydrogen (secondary N) is 1. The maximum atomic E-state index is 13.4. The first kappa shape index (κ1) is 19.6. The van der Waals surface area contributed by atoms with E-state index in [0.717, 1.165) is 34.4 Å². The van der Waals surface area contributed by atoms with Gasteiger partial charge in [0.1, 0.15) is 18.2 Å². The molecule has 4 rings (SSSR count). The maximum absolute atomic E-state index is 13.4. The molecule has 152 valence electrons. The molecule has 2 N–H and O–H groups in total. The van der Waals surface area contributed by atoms with Crippen LogP contribution in [0.15, 0.2) is 66.7 Å². The number of rotatable bonds is 5. The van der Waals surface area contributed by atoms with Gasteiger partial charge in [-0.25, -0.2) is 18.4 Å². The van der Waals surface area contributed by atoms with Crippen molar-refractivity contribution in [2.75, 3.05) is 6.61 Å². The molecular weight excluding hydrogens is 392 g/mol. The molecular formula is C23H17F2NO4. The number of carbonyl (C=O) groups excluding carboxylic acids is 1. The van der Waals surface area contributed by atoms with Crippen LogP contribution in [0.5, 0.6) is 0 Å². The largest absolute Gasteiger partial charge is 0.479 e. The van der Waals surface area contributed by atoms with Gasteiger partial charge in [-0.15, -0.1) is 0 Å². The standard InChI is InChI=1S/C23H17F2NO4/c24-14-9-13(10-15(25)11-14)21(22(27)28)26-23(29)30-12-20-18-7-3-1-5-16(18)17-6-2-4-8-19(17)20/h1-11,20-21H,12H2,(H,26,29)(H,27,28)/t21-/m0/s1. The molecule has 7 heteroatoms. The van der Waals surface area contributed by atoms with Gasteiger partial charge < -0.3 is 15.2 Å². The smallest absolute Gasteiger partial charge is 0.408 e. The molecule has 0 heterocycles. The van der Waals surface area contributed by atoms with Gasteiger partial charge >= 0.3 is 12.1 Å². The van der Waals surface area contributed by atoms with Gasteiger partial charge in [-0.3, -0.25) is 0 Å². The van der Waals surface area contributed by atoms with Gasteiger partial charge in [0.15, 0.2) is 6.04 Å². The average molecular weight is 409 g/mol. The number of ether oxygens (including phenoxy) is 1. The lowest BCUT2D eigenvalue weighted by Gasteiger charge is -2.18. The minimum atomic E-state index is -1.65. The van der Waals surface area contributed by atoms with E-state index >= 15 is 0 Å². The number of amides is 1. The third-order valence-electron chi connectivity index (χ3n) is 5.07. The third kappa shape index (κ3) is 3.74. The van der Waals surface area contributed by atoms with Crippen LogP contribution in [0.4, 0.5) is 13.6 Å². The van der Waals surface area contributed by atoms with Gasteiger partial charge in [0.05, 0.1) is 0 Å². The molecule has 3 aromatic rings. The first-order valence-electron chi connectivity index (χ1n) is 9.24. The number of halogens is 2. The van der Waals surface area contributed by atoms with Crippen LogP contribution in [-0.4, -0.2) is 23.8 Å². The molecule has 0 saturated heterocycles. The number of carbonyl (C=O) groups is 2. The Morgan fingerprint density at radius 3 is 2.00 bits per heavy atom. The quantitative estimate of drug-likeness (QED) is 0.644. The number of hydrogen-bond donors (Lipinski definition) is 2. The molecule has 1 aliphatic carbocycles. The van der Waals surface area contributed by atoms with E-state index in [4.69, 9.17) is 4.74 Å². The molecule has 1 amide bonds. The van der Waals surface area contributed by atoms with Gasteiger partial charge in [0.2, 0.25) is 0 Å². The van der Waals surface area contributed by atoms with E-state index in [2.05, 4.69) is 5.32 Å². The van der Waals surface area contributed by atoms with Gasteiger partial charge in [0, 0.05) is 12.0 Å². The minimum Gasteiger partial charge on any atom is -0.479 e. The van der Waals surface area contributed by atoms with Crippen molar-refractivity contribution < 1.29 is 28.2 Å². The summed E-state index contributed by atoms with van der Waals surface area (Å²) in [5.74, 6) is -3.54. The second kappa shape index (κ2) is 7.94. The Kier molecular flexibility index (Phi) is 5.18. The predicted octanol–water partition coefficient (Wildman–Crippen LogP) is 4.63. The first-order valence-corrected chi connectivity index (χ1v) is 9.24. The van der Waals surface area contributed by atoms with Crippen molar-refractivity contribution in [1.82, 2.24) is 5.32 Å². The molecule has 30 heavy (non-hydrogen) atoms. The van der Waals surface area contributed by atoms with E-state index < -0.39 is 29.7 Å². The predicted molar refractivity (Wildman–Crippen MR) is 105 cm³/mol. The summed E-state index contributed by atoms with van der Waals surface area (Å²) in [5.41, 5.74) is 3.90. The summed E-state index contributed by atoms with van der Waals surface area (Å²) < 4.78 is 32.2. The Morgan fingerprint density at radius 1 is 0.933 bits per heavy atom. The summed E-state index contributed by atoms with van der Waals surface area (Å²) >= 11 is 0. The molecule has 0 aromatic heterocycles. The second-order valence-corrected chi connectivity index (χ2v) is 6.94. The highest BCUT2D eigenvalue weighted by molar-refractivity contribution is 5.82. The van der Waals surface area contributed by atoms with Crippen LogP contribution >= 0.6 is 0 Å². The van der Waals surface area contributed by atoms with E-state index in [1.165, 1.54) is 0 Å². The lowest BCUT2D eigenvalue weighted by molar-refractivity contribution is -0.139. The number of alkyl carbamates (subject to hydrolysis) is 1. The van der Waals surface area contributed by atoms with E-state index in [9.17, 15) is 23.5 Å².